The smallest absolute Gasteiger partial charge is 0.227 e. The van der Waals surface area contributed by atoms with Crippen molar-refractivity contribution in [1.29, 1.82) is 0 Å². The molecular formula is C20H19FN2O. The van der Waals surface area contributed by atoms with Gasteiger partial charge in [-0.3, -0.25) is 4.79 Å². The van der Waals surface area contributed by atoms with Gasteiger partial charge in [-0.25, -0.2) is 4.39 Å². The molecule has 0 bridgehead atoms. The monoisotopic (exact) mass is 322 g/mol. The lowest BCUT2D eigenvalue weighted by molar-refractivity contribution is -0.129. The average Bonchev–Trinajstić information content (AvgIpc) is 3.23. The number of aromatic nitrogens is 1. The van der Waals surface area contributed by atoms with Crippen molar-refractivity contribution >= 4 is 16.8 Å². The van der Waals surface area contributed by atoms with Crippen LogP contribution in [-0.2, 0) is 11.2 Å². The molecule has 1 unspecified atom stereocenters. The van der Waals surface area contributed by atoms with E-state index in [0.29, 0.717) is 12.3 Å². The molecule has 0 aliphatic carbocycles. The Kier molecular flexibility index (Phi) is 3.81. The quantitative estimate of drug-likeness (QED) is 0.781. The molecule has 24 heavy (non-hydrogen) atoms. The van der Waals surface area contributed by atoms with Crippen LogP contribution in [0.2, 0.25) is 0 Å². The van der Waals surface area contributed by atoms with Crippen LogP contribution < -0.4 is 0 Å². The summed E-state index contributed by atoms with van der Waals surface area (Å²) in [7, 11) is 0. The molecule has 122 valence electrons. The first-order valence-corrected chi connectivity index (χ1v) is 8.29. The first kappa shape index (κ1) is 14.9. The van der Waals surface area contributed by atoms with E-state index in [1.54, 1.807) is 12.1 Å². The number of hydrogen-bond donors (Lipinski definition) is 1. The van der Waals surface area contributed by atoms with Gasteiger partial charge < -0.3 is 9.88 Å². The largest absolute Gasteiger partial charge is 0.361 e. The van der Waals surface area contributed by atoms with Gasteiger partial charge in [0.1, 0.15) is 5.82 Å². The van der Waals surface area contributed by atoms with Crippen LogP contribution in [0.5, 0.6) is 0 Å². The van der Waals surface area contributed by atoms with Crippen LogP contribution in [-0.4, -0.2) is 28.9 Å². The maximum atomic E-state index is 13.0. The Bertz CT molecular complexity index is 869. The van der Waals surface area contributed by atoms with E-state index >= 15 is 0 Å². The van der Waals surface area contributed by atoms with Gasteiger partial charge in [-0.05, 0) is 35.7 Å². The summed E-state index contributed by atoms with van der Waals surface area (Å²) in [6, 6.07) is 14.4. The molecule has 1 N–H and O–H groups in total. The van der Waals surface area contributed by atoms with E-state index in [9.17, 15) is 9.18 Å². The van der Waals surface area contributed by atoms with E-state index in [1.807, 2.05) is 17.0 Å². The number of likely N-dealkylation sites (tertiary alicyclic amines) is 1. The Balaban J connectivity index is 1.46. The molecule has 4 rings (SSSR count). The predicted octanol–water partition coefficient (Wildman–Crippen LogP) is 3.87. The van der Waals surface area contributed by atoms with Crippen LogP contribution in [0, 0.1) is 5.82 Å². The highest BCUT2D eigenvalue weighted by atomic mass is 19.1. The average molecular weight is 322 g/mol. The molecule has 1 aliphatic heterocycles. The summed E-state index contributed by atoms with van der Waals surface area (Å²) in [5.74, 6) is 0.217. The Morgan fingerprint density at radius 1 is 1.17 bits per heavy atom. The van der Waals surface area contributed by atoms with E-state index in [1.165, 1.54) is 23.1 Å². The Hall–Kier alpha value is -2.62. The Morgan fingerprint density at radius 2 is 1.96 bits per heavy atom. The molecule has 3 aromatic rings. The maximum absolute atomic E-state index is 13.0. The number of carbonyl (C=O) groups is 1. The third kappa shape index (κ3) is 2.80. The maximum Gasteiger partial charge on any atom is 0.227 e. The number of nitrogens with zero attached hydrogens (tertiary/aromatic N) is 1. The van der Waals surface area contributed by atoms with Crippen molar-refractivity contribution in [2.24, 2.45) is 0 Å². The number of para-hydroxylation sites is 1. The molecule has 1 atom stereocenters. The van der Waals surface area contributed by atoms with Gasteiger partial charge in [-0.15, -0.1) is 0 Å². The van der Waals surface area contributed by atoms with Crippen LogP contribution in [0.4, 0.5) is 4.39 Å². The third-order valence-corrected chi connectivity index (χ3v) is 4.87. The highest BCUT2D eigenvalue weighted by Gasteiger charge is 2.28. The summed E-state index contributed by atoms with van der Waals surface area (Å²) in [6.45, 7) is 1.53. The lowest BCUT2D eigenvalue weighted by Gasteiger charge is -2.16. The lowest BCUT2D eigenvalue weighted by Crippen LogP contribution is -2.29. The number of hydrogen-bond acceptors (Lipinski definition) is 1. The number of aromatic amines is 1. The summed E-state index contributed by atoms with van der Waals surface area (Å²) in [5.41, 5.74) is 3.29. The van der Waals surface area contributed by atoms with Crippen molar-refractivity contribution in [2.45, 2.75) is 18.8 Å². The summed E-state index contributed by atoms with van der Waals surface area (Å²) in [6.07, 6.45) is 3.39. The minimum absolute atomic E-state index is 0.115. The fourth-order valence-electron chi connectivity index (χ4n) is 3.56. The van der Waals surface area contributed by atoms with Gasteiger partial charge in [-0.1, -0.05) is 30.3 Å². The standard InChI is InChI=1S/C20H19FN2O/c21-16-7-5-14(6-8-16)11-20(24)23-10-9-15(13-23)18-12-22-19-4-2-1-3-17(18)19/h1-8,12,15,22H,9-11,13H2. The molecule has 2 heterocycles. The predicted molar refractivity (Wildman–Crippen MR) is 92.3 cm³/mol. The van der Waals surface area contributed by atoms with Gasteiger partial charge in [-0.2, -0.15) is 0 Å². The van der Waals surface area contributed by atoms with Crippen LogP contribution in [0.25, 0.3) is 10.9 Å². The van der Waals surface area contributed by atoms with E-state index in [0.717, 1.165) is 30.6 Å². The SMILES string of the molecule is O=C(Cc1ccc(F)cc1)N1CCC(c2c[nH]c3ccccc23)C1. The zero-order valence-corrected chi connectivity index (χ0v) is 13.3. The van der Waals surface area contributed by atoms with Crippen molar-refractivity contribution in [2.75, 3.05) is 13.1 Å². The van der Waals surface area contributed by atoms with Crippen LogP contribution in [0.1, 0.15) is 23.5 Å². The van der Waals surface area contributed by atoms with Crippen molar-refractivity contribution < 1.29 is 9.18 Å². The molecular weight excluding hydrogens is 303 g/mol. The molecule has 1 aromatic heterocycles. The summed E-state index contributed by atoms with van der Waals surface area (Å²) in [5, 5.41) is 1.25. The van der Waals surface area contributed by atoms with Crippen LogP contribution in [0.3, 0.4) is 0 Å². The van der Waals surface area contributed by atoms with Gasteiger partial charge in [0, 0.05) is 36.1 Å². The molecule has 1 amide bonds. The molecule has 1 aliphatic rings. The normalized spacial score (nSPS) is 17.5. The minimum atomic E-state index is -0.272. The fraction of sp³-hybridized carbons (Fsp3) is 0.250. The molecule has 3 nitrogen and oxygen atoms in total. The molecule has 2 aromatic carbocycles. The summed E-state index contributed by atoms with van der Waals surface area (Å²) >= 11 is 0. The van der Waals surface area contributed by atoms with Crippen LogP contribution >= 0.6 is 0 Å². The minimum Gasteiger partial charge on any atom is -0.361 e. The second-order valence-electron chi connectivity index (χ2n) is 6.42. The van der Waals surface area contributed by atoms with Crippen LogP contribution in [0.15, 0.2) is 54.7 Å². The summed E-state index contributed by atoms with van der Waals surface area (Å²) in [4.78, 5) is 17.7. The van der Waals surface area contributed by atoms with Gasteiger partial charge in [0.25, 0.3) is 0 Å². The molecule has 0 saturated carbocycles. The van der Waals surface area contributed by atoms with E-state index < -0.39 is 0 Å². The number of fused-ring (bicyclic) bond motifs is 1. The second-order valence-corrected chi connectivity index (χ2v) is 6.42. The highest BCUT2D eigenvalue weighted by Crippen LogP contribution is 2.32. The van der Waals surface area contributed by atoms with Crippen molar-refractivity contribution in [3.63, 3.8) is 0 Å². The van der Waals surface area contributed by atoms with Crippen molar-refractivity contribution in [3.8, 4) is 0 Å². The number of rotatable bonds is 3. The van der Waals surface area contributed by atoms with E-state index in [-0.39, 0.29) is 11.7 Å². The van der Waals surface area contributed by atoms with Gasteiger partial charge in [0.05, 0.1) is 6.42 Å². The van der Waals surface area contributed by atoms with Gasteiger partial charge >= 0.3 is 0 Å². The van der Waals surface area contributed by atoms with Crippen molar-refractivity contribution in [1.82, 2.24) is 9.88 Å². The molecule has 0 spiro atoms. The van der Waals surface area contributed by atoms with Gasteiger partial charge in [0.2, 0.25) is 5.91 Å². The van der Waals surface area contributed by atoms with Gasteiger partial charge in [0.15, 0.2) is 0 Å². The number of H-pyrrole nitrogens is 1. The molecule has 0 radical (unpaired) electrons. The van der Waals surface area contributed by atoms with Crippen molar-refractivity contribution in [3.05, 3.63) is 71.7 Å². The first-order chi connectivity index (χ1) is 11.7. The molecule has 4 heteroatoms. The number of nitrogens with one attached hydrogen (secondary N) is 1. The molecule has 1 saturated heterocycles. The number of benzene rings is 2. The second kappa shape index (κ2) is 6.11. The Morgan fingerprint density at radius 3 is 2.79 bits per heavy atom. The Labute approximate surface area is 140 Å². The summed E-state index contributed by atoms with van der Waals surface area (Å²) < 4.78 is 13.0. The topological polar surface area (TPSA) is 36.1 Å². The number of halogens is 1. The van der Waals surface area contributed by atoms with E-state index in [4.69, 9.17) is 0 Å². The lowest BCUT2D eigenvalue weighted by atomic mass is 9.98. The zero-order valence-electron chi connectivity index (χ0n) is 13.3. The first-order valence-electron chi connectivity index (χ1n) is 8.29. The number of carbonyl (C=O) groups excluding carboxylic acids is 1. The molecule has 1 fully saturated rings. The fourth-order valence-corrected chi connectivity index (χ4v) is 3.56. The van der Waals surface area contributed by atoms with E-state index in [2.05, 4.69) is 23.3 Å². The number of amides is 1. The zero-order chi connectivity index (χ0) is 16.5. The third-order valence-electron chi connectivity index (χ3n) is 4.87. The highest BCUT2D eigenvalue weighted by molar-refractivity contribution is 5.84.